The molecule has 18 heavy (non-hydrogen) atoms. The summed E-state index contributed by atoms with van der Waals surface area (Å²) < 4.78 is 18.1. The van der Waals surface area contributed by atoms with Gasteiger partial charge in [-0.3, -0.25) is 0 Å². The molecule has 0 bridgehead atoms. The van der Waals surface area contributed by atoms with E-state index >= 15 is 0 Å². The Bertz CT molecular complexity index is 498. The largest absolute Gasteiger partial charge is 0.444 e. The van der Waals surface area contributed by atoms with Crippen LogP contribution in [-0.4, -0.2) is 21.9 Å². The van der Waals surface area contributed by atoms with Crippen molar-refractivity contribution < 1.29 is 13.9 Å². The number of halogens is 1. The predicted molar refractivity (Wildman–Crippen MR) is 69.7 cm³/mol. The Labute approximate surface area is 109 Å². The lowest BCUT2D eigenvalue weighted by Crippen LogP contribution is -2.02. The number of nitrogens with zero attached hydrogens (tertiary/aromatic N) is 1. The first kappa shape index (κ1) is 13.1. The minimum Gasteiger partial charge on any atom is -0.444 e. The number of hydrogen-bond donors (Lipinski definition) is 1. The number of aromatic nitrogens is 1. The second-order valence-electron chi connectivity index (χ2n) is 3.96. The molecule has 2 aromatic rings. The Morgan fingerprint density at radius 3 is 2.78 bits per heavy atom. The summed E-state index contributed by atoms with van der Waals surface area (Å²) in [7, 11) is 0. The van der Waals surface area contributed by atoms with Crippen molar-refractivity contribution in [3.05, 3.63) is 42.0 Å². The van der Waals surface area contributed by atoms with Gasteiger partial charge in [-0.15, -0.1) is 11.8 Å². The first-order valence-electron chi connectivity index (χ1n) is 5.62. The predicted octanol–water partition coefficient (Wildman–Crippen LogP) is 3.09. The third kappa shape index (κ3) is 3.34. The van der Waals surface area contributed by atoms with Gasteiger partial charge in [0.25, 0.3) is 0 Å². The van der Waals surface area contributed by atoms with Crippen LogP contribution in [0.3, 0.4) is 0 Å². The highest BCUT2D eigenvalue weighted by Gasteiger charge is 2.08. The minimum absolute atomic E-state index is 0.146. The molecule has 0 aliphatic heterocycles. The standard InChI is InChI=1S/C13H14FNO2S/c1-9(6-16)18-8-12-7-17-13(15-12)10-2-4-11(14)5-3-10/h2-5,7,9,16H,6,8H2,1H3. The number of benzene rings is 1. The average Bonchev–Trinajstić information content (AvgIpc) is 2.85. The van der Waals surface area contributed by atoms with Crippen LogP contribution in [0.1, 0.15) is 12.6 Å². The fourth-order valence-electron chi connectivity index (χ4n) is 1.38. The maximum atomic E-state index is 12.8. The van der Waals surface area contributed by atoms with Crippen LogP contribution in [0.4, 0.5) is 4.39 Å². The highest BCUT2D eigenvalue weighted by molar-refractivity contribution is 7.99. The Kier molecular flexibility index (Phi) is 4.38. The normalized spacial score (nSPS) is 12.6. The molecule has 1 aromatic heterocycles. The highest BCUT2D eigenvalue weighted by Crippen LogP contribution is 2.22. The second-order valence-corrected chi connectivity index (χ2v) is 5.38. The monoisotopic (exact) mass is 267 g/mol. The van der Waals surface area contributed by atoms with Crippen molar-refractivity contribution in [2.24, 2.45) is 0 Å². The van der Waals surface area contributed by atoms with Crippen LogP contribution in [0.2, 0.25) is 0 Å². The van der Waals surface area contributed by atoms with Crippen LogP contribution >= 0.6 is 11.8 Å². The van der Waals surface area contributed by atoms with E-state index in [1.807, 2.05) is 6.92 Å². The van der Waals surface area contributed by atoms with Crippen molar-refractivity contribution in [2.45, 2.75) is 17.9 Å². The zero-order valence-electron chi connectivity index (χ0n) is 9.97. The molecule has 0 saturated carbocycles. The third-order valence-electron chi connectivity index (χ3n) is 2.42. The van der Waals surface area contributed by atoms with Gasteiger partial charge in [0.15, 0.2) is 0 Å². The average molecular weight is 267 g/mol. The Morgan fingerprint density at radius 2 is 2.11 bits per heavy atom. The van der Waals surface area contributed by atoms with Crippen molar-refractivity contribution in [2.75, 3.05) is 6.61 Å². The third-order valence-corrected chi connectivity index (χ3v) is 3.60. The van der Waals surface area contributed by atoms with Crippen molar-refractivity contribution >= 4 is 11.8 Å². The highest BCUT2D eigenvalue weighted by atomic mass is 32.2. The lowest BCUT2D eigenvalue weighted by molar-refractivity contribution is 0.300. The van der Waals surface area contributed by atoms with Crippen molar-refractivity contribution in [3.8, 4) is 11.5 Å². The molecule has 0 fully saturated rings. The minimum atomic E-state index is -0.280. The van der Waals surface area contributed by atoms with Crippen LogP contribution in [-0.2, 0) is 5.75 Å². The molecule has 1 aromatic carbocycles. The van der Waals surface area contributed by atoms with E-state index in [1.54, 1.807) is 30.2 Å². The molecule has 1 unspecified atom stereocenters. The first-order chi connectivity index (χ1) is 8.69. The number of hydrogen-bond acceptors (Lipinski definition) is 4. The number of oxazole rings is 1. The Balaban J connectivity index is 2.03. The summed E-state index contributed by atoms with van der Waals surface area (Å²) in [5, 5.41) is 9.10. The van der Waals surface area contributed by atoms with Crippen molar-refractivity contribution in [1.29, 1.82) is 0 Å². The van der Waals surface area contributed by atoms with E-state index in [0.717, 1.165) is 11.3 Å². The van der Waals surface area contributed by atoms with Crippen LogP contribution in [0.15, 0.2) is 34.9 Å². The number of rotatable bonds is 5. The molecule has 0 radical (unpaired) electrons. The number of aliphatic hydroxyl groups excluding tert-OH is 1. The lowest BCUT2D eigenvalue weighted by Gasteiger charge is -2.04. The van der Waals surface area contributed by atoms with Gasteiger partial charge in [-0.1, -0.05) is 6.92 Å². The second kappa shape index (κ2) is 6.02. The summed E-state index contributed by atoms with van der Waals surface area (Å²) >= 11 is 1.61. The van der Waals surface area contributed by atoms with Gasteiger partial charge in [0.2, 0.25) is 5.89 Å². The lowest BCUT2D eigenvalue weighted by atomic mass is 10.2. The summed E-state index contributed by atoms with van der Waals surface area (Å²) in [5.41, 5.74) is 1.57. The van der Waals surface area contributed by atoms with Crippen molar-refractivity contribution in [1.82, 2.24) is 4.98 Å². The zero-order chi connectivity index (χ0) is 13.0. The molecule has 5 heteroatoms. The van der Waals surface area contributed by atoms with E-state index in [2.05, 4.69) is 4.98 Å². The van der Waals surface area contributed by atoms with Gasteiger partial charge < -0.3 is 9.52 Å². The molecule has 96 valence electrons. The zero-order valence-corrected chi connectivity index (χ0v) is 10.8. The fraction of sp³-hybridized carbons (Fsp3) is 0.308. The maximum Gasteiger partial charge on any atom is 0.226 e. The molecule has 3 nitrogen and oxygen atoms in total. The van der Waals surface area contributed by atoms with E-state index < -0.39 is 0 Å². The molecular formula is C13H14FNO2S. The summed E-state index contributed by atoms with van der Waals surface area (Å²) in [5.74, 6) is 0.895. The fourth-order valence-corrected chi connectivity index (χ4v) is 2.07. The van der Waals surface area contributed by atoms with E-state index in [0.29, 0.717) is 11.6 Å². The summed E-state index contributed by atoms with van der Waals surface area (Å²) in [4.78, 5) is 4.32. The van der Waals surface area contributed by atoms with E-state index in [9.17, 15) is 4.39 Å². The molecule has 0 aliphatic rings. The SMILES string of the molecule is CC(CO)SCc1coc(-c2ccc(F)cc2)n1. The Hall–Kier alpha value is -1.33. The number of thioether (sulfide) groups is 1. The molecular weight excluding hydrogens is 253 g/mol. The van der Waals surface area contributed by atoms with Crippen LogP contribution in [0.25, 0.3) is 11.5 Å². The molecule has 0 aliphatic carbocycles. The first-order valence-corrected chi connectivity index (χ1v) is 6.66. The summed E-state index contributed by atoms with van der Waals surface area (Å²) in [6.45, 7) is 2.10. The molecule has 0 amide bonds. The molecule has 0 spiro atoms. The Morgan fingerprint density at radius 1 is 1.39 bits per heavy atom. The topological polar surface area (TPSA) is 46.3 Å². The van der Waals surface area contributed by atoms with Gasteiger partial charge in [0, 0.05) is 16.6 Å². The molecule has 2 rings (SSSR count). The van der Waals surface area contributed by atoms with Crippen molar-refractivity contribution in [3.63, 3.8) is 0 Å². The number of aliphatic hydroxyl groups is 1. The van der Waals surface area contributed by atoms with Gasteiger partial charge in [-0.25, -0.2) is 9.37 Å². The van der Waals surface area contributed by atoms with Gasteiger partial charge >= 0.3 is 0 Å². The van der Waals surface area contributed by atoms with E-state index in [1.165, 1.54) is 12.1 Å². The van der Waals surface area contributed by atoms with Gasteiger partial charge in [-0.05, 0) is 24.3 Å². The molecule has 1 atom stereocenters. The molecule has 0 saturated heterocycles. The summed E-state index contributed by atoms with van der Waals surface area (Å²) in [6.07, 6.45) is 1.59. The van der Waals surface area contributed by atoms with Gasteiger partial charge in [0.1, 0.15) is 12.1 Å². The van der Waals surface area contributed by atoms with Gasteiger partial charge in [0.05, 0.1) is 12.3 Å². The van der Waals surface area contributed by atoms with E-state index in [-0.39, 0.29) is 17.7 Å². The summed E-state index contributed by atoms with van der Waals surface area (Å²) in [6, 6.07) is 6.02. The van der Waals surface area contributed by atoms with Crippen LogP contribution in [0, 0.1) is 5.82 Å². The molecule has 1 N–H and O–H groups in total. The maximum absolute atomic E-state index is 12.8. The quantitative estimate of drug-likeness (QED) is 0.904. The smallest absolute Gasteiger partial charge is 0.226 e. The van der Waals surface area contributed by atoms with Crippen LogP contribution < -0.4 is 0 Å². The van der Waals surface area contributed by atoms with Gasteiger partial charge in [-0.2, -0.15) is 0 Å². The molecule has 1 heterocycles. The van der Waals surface area contributed by atoms with E-state index in [4.69, 9.17) is 9.52 Å². The van der Waals surface area contributed by atoms with Crippen LogP contribution in [0.5, 0.6) is 0 Å².